The van der Waals surface area contributed by atoms with Crippen LogP contribution in [-0.2, 0) is 0 Å². The van der Waals surface area contributed by atoms with Crippen molar-refractivity contribution in [2.24, 2.45) is 0 Å². The van der Waals surface area contributed by atoms with Crippen molar-refractivity contribution < 1.29 is 4.79 Å². The molecule has 1 aliphatic rings. The fourth-order valence-corrected chi connectivity index (χ4v) is 3.26. The molecule has 2 aromatic rings. The number of hydrogen-bond acceptors (Lipinski definition) is 5. The van der Waals surface area contributed by atoms with Crippen LogP contribution in [0.25, 0.3) is 0 Å². The Morgan fingerprint density at radius 2 is 2.14 bits per heavy atom. The van der Waals surface area contributed by atoms with E-state index in [1.807, 2.05) is 12.3 Å². The molecule has 3 heterocycles. The average Bonchev–Trinajstić information content (AvgIpc) is 3.00. The number of hydrogen-bond donors (Lipinski definition) is 1. The fraction of sp³-hybridized carbons (Fsp3) is 0.400. The third-order valence-electron chi connectivity index (χ3n) is 3.62. The second kappa shape index (κ2) is 6.22. The van der Waals surface area contributed by atoms with Crippen molar-refractivity contribution >= 4 is 28.1 Å². The molecule has 1 amide bonds. The Labute approximate surface area is 128 Å². The summed E-state index contributed by atoms with van der Waals surface area (Å²) < 4.78 is 0. The zero-order valence-electron chi connectivity index (χ0n) is 12.0. The van der Waals surface area contributed by atoms with Crippen molar-refractivity contribution in [2.75, 3.05) is 23.3 Å². The van der Waals surface area contributed by atoms with Crippen LogP contribution in [0.3, 0.4) is 0 Å². The van der Waals surface area contributed by atoms with Crippen LogP contribution < -0.4 is 10.2 Å². The lowest BCUT2D eigenvalue weighted by molar-refractivity contribution is 0.102. The smallest absolute Gasteiger partial charge is 0.275 e. The molecule has 21 heavy (non-hydrogen) atoms. The monoisotopic (exact) mass is 302 g/mol. The third-order valence-corrected chi connectivity index (χ3v) is 4.52. The lowest BCUT2D eigenvalue weighted by Gasteiger charge is -2.25. The van der Waals surface area contributed by atoms with Gasteiger partial charge < -0.3 is 10.2 Å². The first kappa shape index (κ1) is 14.0. The Morgan fingerprint density at radius 3 is 2.90 bits per heavy atom. The van der Waals surface area contributed by atoms with Crippen LogP contribution in [0, 0.1) is 6.92 Å². The van der Waals surface area contributed by atoms with Gasteiger partial charge in [0, 0.05) is 36.6 Å². The van der Waals surface area contributed by atoms with E-state index in [1.165, 1.54) is 19.3 Å². The van der Waals surface area contributed by atoms with Gasteiger partial charge >= 0.3 is 0 Å². The Hall–Kier alpha value is -1.95. The van der Waals surface area contributed by atoms with Gasteiger partial charge in [0.05, 0.1) is 0 Å². The summed E-state index contributed by atoms with van der Waals surface area (Å²) >= 11 is 1.54. The molecule has 0 aliphatic carbocycles. The maximum absolute atomic E-state index is 12.3. The SMILES string of the molecule is Cc1cnccc1NC(=O)c1csc(N2CCCCC2)n1. The van der Waals surface area contributed by atoms with Gasteiger partial charge in [-0.3, -0.25) is 9.78 Å². The van der Waals surface area contributed by atoms with Crippen molar-refractivity contribution in [1.29, 1.82) is 0 Å². The van der Waals surface area contributed by atoms with Crippen LogP contribution in [0.4, 0.5) is 10.8 Å². The molecule has 0 unspecified atom stereocenters. The number of aromatic nitrogens is 2. The van der Waals surface area contributed by atoms with E-state index in [0.717, 1.165) is 29.5 Å². The predicted octanol–water partition coefficient (Wildman–Crippen LogP) is 3.09. The van der Waals surface area contributed by atoms with Gasteiger partial charge in [0.1, 0.15) is 5.69 Å². The molecule has 0 radical (unpaired) electrons. The quantitative estimate of drug-likeness (QED) is 0.946. The average molecular weight is 302 g/mol. The molecule has 0 atom stereocenters. The Bertz CT molecular complexity index is 634. The van der Waals surface area contributed by atoms with Gasteiger partial charge in [-0.2, -0.15) is 0 Å². The molecule has 6 heteroatoms. The summed E-state index contributed by atoms with van der Waals surface area (Å²) in [6, 6.07) is 1.80. The summed E-state index contributed by atoms with van der Waals surface area (Å²) in [7, 11) is 0. The van der Waals surface area contributed by atoms with E-state index in [1.54, 1.807) is 29.8 Å². The first-order valence-electron chi connectivity index (χ1n) is 7.16. The Morgan fingerprint density at radius 1 is 1.33 bits per heavy atom. The van der Waals surface area contributed by atoms with Crippen LogP contribution in [0.15, 0.2) is 23.8 Å². The minimum Gasteiger partial charge on any atom is -0.348 e. The highest BCUT2D eigenvalue weighted by Gasteiger charge is 2.17. The van der Waals surface area contributed by atoms with Crippen LogP contribution in [0.2, 0.25) is 0 Å². The van der Waals surface area contributed by atoms with Gasteiger partial charge in [-0.15, -0.1) is 11.3 Å². The van der Waals surface area contributed by atoms with Gasteiger partial charge in [0.2, 0.25) is 0 Å². The number of amides is 1. The zero-order valence-corrected chi connectivity index (χ0v) is 12.8. The van der Waals surface area contributed by atoms with Crippen molar-refractivity contribution in [2.45, 2.75) is 26.2 Å². The van der Waals surface area contributed by atoms with E-state index in [4.69, 9.17) is 0 Å². The first-order valence-corrected chi connectivity index (χ1v) is 8.04. The van der Waals surface area contributed by atoms with Gasteiger partial charge in [-0.05, 0) is 37.8 Å². The van der Waals surface area contributed by atoms with Crippen LogP contribution in [0.1, 0.15) is 35.3 Å². The summed E-state index contributed by atoms with van der Waals surface area (Å²) in [5, 5.41) is 5.67. The molecule has 110 valence electrons. The topological polar surface area (TPSA) is 58.1 Å². The highest BCUT2D eigenvalue weighted by molar-refractivity contribution is 7.14. The maximum Gasteiger partial charge on any atom is 0.275 e. The van der Waals surface area contributed by atoms with E-state index in [9.17, 15) is 4.79 Å². The molecule has 0 bridgehead atoms. The number of carbonyl (C=O) groups is 1. The highest BCUT2D eigenvalue weighted by Crippen LogP contribution is 2.24. The molecular formula is C15H18N4OS. The van der Waals surface area contributed by atoms with E-state index in [-0.39, 0.29) is 5.91 Å². The number of anilines is 2. The molecule has 3 rings (SSSR count). The molecule has 2 aromatic heterocycles. The van der Waals surface area contributed by atoms with E-state index >= 15 is 0 Å². The standard InChI is InChI=1S/C15H18N4OS/c1-11-9-16-6-5-12(11)17-14(20)13-10-21-15(18-13)19-7-3-2-4-8-19/h5-6,9-10H,2-4,7-8H2,1H3,(H,16,17,20). The number of rotatable bonds is 3. The molecule has 0 aromatic carbocycles. The predicted molar refractivity (Wildman–Crippen MR) is 85.1 cm³/mol. The first-order chi connectivity index (χ1) is 10.2. The molecule has 5 nitrogen and oxygen atoms in total. The Balaban J connectivity index is 1.71. The summed E-state index contributed by atoms with van der Waals surface area (Å²) in [6.07, 6.45) is 7.10. The number of aryl methyl sites for hydroxylation is 1. The number of thiazole rings is 1. The highest BCUT2D eigenvalue weighted by atomic mass is 32.1. The van der Waals surface area contributed by atoms with Gasteiger partial charge in [-0.25, -0.2) is 4.98 Å². The van der Waals surface area contributed by atoms with Crippen LogP contribution >= 0.6 is 11.3 Å². The normalized spacial score (nSPS) is 15.0. The lowest BCUT2D eigenvalue weighted by atomic mass is 10.1. The van der Waals surface area contributed by atoms with E-state index in [2.05, 4.69) is 20.2 Å². The van der Waals surface area contributed by atoms with Gasteiger partial charge in [0.15, 0.2) is 5.13 Å². The number of nitrogens with zero attached hydrogens (tertiary/aromatic N) is 3. The van der Waals surface area contributed by atoms with E-state index < -0.39 is 0 Å². The van der Waals surface area contributed by atoms with Crippen molar-refractivity contribution in [3.8, 4) is 0 Å². The number of pyridine rings is 1. The van der Waals surface area contributed by atoms with Gasteiger partial charge in [0.25, 0.3) is 5.91 Å². The molecule has 1 saturated heterocycles. The molecule has 0 spiro atoms. The van der Waals surface area contributed by atoms with Gasteiger partial charge in [-0.1, -0.05) is 0 Å². The molecular weight excluding hydrogens is 284 g/mol. The third kappa shape index (κ3) is 3.21. The van der Waals surface area contributed by atoms with Crippen LogP contribution in [-0.4, -0.2) is 29.0 Å². The largest absolute Gasteiger partial charge is 0.348 e. The summed E-state index contributed by atoms with van der Waals surface area (Å²) in [5.74, 6) is -0.163. The molecule has 0 saturated carbocycles. The second-order valence-electron chi connectivity index (χ2n) is 5.21. The number of carbonyl (C=O) groups excluding carboxylic acids is 1. The summed E-state index contributed by atoms with van der Waals surface area (Å²) in [5.41, 5.74) is 2.21. The maximum atomic E-state index is 12.3. The zero-order chi connectivity index (χ0) is 14.7. The van der Waals surface area contributed by atoms with Crippen molar-refractivity contribution in [1.82, 2.24) is 9.97 Å². The summed E-state index contributed by atoms with van der Waals surface area (Å²) in [6.45, 7) is 4.00. The van der Waals surface area contributed by atoms with E-state index in [0.29, 0.717) is 5.69 Å². The minimum absolute atomic E-state index is 0.163. The number of piperidine rings is 1. The number of nitrogens with one attached hydrogen (secondary N) is 1. The minimum atomic E-state index is -0.163. The van der Waals surface area contributed by atoms with Crippen LogP contribution in [0.5, 0.6) is 0 Å². The molecule has 1 fully saturated rings. The molecule has 1 aliphatic heterocycles. The second-order valence-corrected chi connectivity index (χ2v) is 6.04. The summed E-state index contributed by atoms with van der Waals surface area (Å²) in [4.78, 5) is 23.0. The fourth-order valence-electron chi connectivity index (χ4n) is 2.40. The molecule has 1 N–H and O–H groups in total. The van der Waals surface area contributed by atoms with Crippen molar-refractivity contribution in [3.63, 3.8) is 0 Å². The van der Waals surface area contributed by atoms with Crippen molar-refractivity contribution in [3.05, 3.63) is 35.1 Å². The lowest BCUT2D eigenvalue weighted by Crippen LogP contribution is -2.29. The Kier molecular flexibility index (Phi) is 4.15.